The van der Waals surface area contributed by atoms with Gasteiger partial charge in [-0.25, -0.2) is 4.68 Å². The summed E-state index contributed by atoms with van der Waals surface area (Å²) < 4.78 is 1.76. The van der Waals surface area contributed by atoms with Gasteiger partial charge in [-0.15, -0.1) is 0 Å². The number of aromatic nitrogens is 2. The van der Waals surface area contributed by atoms with E-state index in [9.17, 15) is 9.59 Å². The van der Waals surface area contributed by atoms with E-state index in [-0.39, 0.29) is 23.9 Å². The van der Waals surface area contributed by atoms with Gasteiger partial charge in [-0.05, 0) is 45.0 Å². The zero-order valence-corrected chi connectivity index (χ0v) is 17.4. The fourth-order valence-electron chi connectivity index (χ4n) is 4.60. The average Bonchev–Trinajstić information content (AvgIpc) is 3.19. The molecule has 0 saturated carbocycles. The van der Waals surface area contributed by atoms with Gasteiger partial charge in [-0.2, -0.15) is 5.10 Å². The van der Waals surface area contributed by atoms with E-state index in [1.807, 2.05) is 78.2 Å². The summed E-state index contributed by atoms with van der Waals surface area (Å²) in [6.07, 6.45) is 0. The van der Waals surface area contributed by atoms with Gasteiger partial charge in [-0.1, -0.05) is 35.9 Å². The Kier molecular flexibility index (Phi) is 4.24. The van der Waals surface area contributed by atoms with Gasteiger partial charge in [0, 0.05) is 24.2 Å². The Morgan fingerprint density at radius 3 is 2.33 bits per heavy atom. The predicted molar refractivity (Wildman–Crippen MR) is 114 cm³/mol. The van der Waals surface area contributed by atoms with E-state index in [2.05, 4.69) is 12.0 Å². The van der Waals surface area contributed by atoms with Crippen molar-refractivity contribution in [2.45, 2.75) is 32.9 Å². The van der Waals surface area contributed by atoms with Gasteiger partial charge in [0.2, 0.25) is 0 Å². The Bertz CT molecular complexity index is 1130. The van der Waals surface area contributed by atoms with Crippen molar-refractivity contribution in [2.24, 2.45) is 0 Å². The van der Waals surface area contributed by atoms with Crippen LogP contribution in [-0.4, -0.2) is 50.5 Å². The lowest BCUT2D eigenvalue weighted by Crippen LogP contribution is -2.61. The molecular formula is C24H24N4O2. The van der Waals surface area contributed by atoms with Gasteiger partial charge in [0.1, 0.15) is 5.69 Å². The molecule has 152 valence electrons. The first-order chi connectivity index (χ1) is 14.5. The summed E-state index contributed by atoms with van der Waals surface area (Å²) in [6.45, 7) is 7.14. The number of rotatable bonds is 3. The first-order valence-electron chi connectivity index (χ1n) is 10.3. The molecule has 6 heteroatoms. The third-order valence-electron chi connectivity index (χ3n) is 6.22. The maximum absolute atomic E-state index is 13.4. The van der Waals surface area contributed by atoms with Gasteiger partial charge >= 0.3 is 0 Å². The molecule has 1 saturated heterocycles. The lowest BCUT2D eigenvalue weighted by atomic mass is 10.0. The number of nitrogens with zero attached hydrogens (tertiary/aromatic N) is 4. The van der Waals surface area contributed by atoms with Gasteiger partial charge in [0.05, 0.1) is 23.5 Å². The topological polar surface area (TPSA) is 58.4 Å². The zero-order valence-electron chi connectivity index (χ0n) is 17.4. The Labute approximate surface area is 175 Å². The summed E-state index contributed by atoms with van der Waals surface area (Å²) >= 11 is 0. The minimum atomic E-state index is -0.0495. The molecule has 0 bridgehead atoms. The normalized spacial score (nSPS) is 18.5. The largest absolute Gasteiger partial charge is 0.334 e. The van der Waals surface area contributed by atoms with E-state index >= 15 is 0 Å². The van der Waals surface area contributed by atoms with Gasteiger partial charge in [0.15, 0.2) is 0 Å². The van der Waals surface area contributed by atoms with Crippen molar-refractivity contribution >= 4 is 11.8 Å². The first kappa shape index (κ1) is 18.6. The Balaban J connectivity index is 1.36. The van der Waals surface area contributed by atoms with Crippen LogP contribution in [0.1, 0.15) is 50.6 Å². The van der Waals surface area contributed by atoms with Crippen LogP contribution in [0.25, 0.3) is 5.69 Å². The molecule has 0 spiro atoms. The van der Waals surface area contributed by atoms with Crippen LogP contribution in [0.15, 0.2) is 54.6 Å². The number of carbonyl (C=O) groups excluding carboxylic acids is 2. The van der Waals surface area contributed by atoms with E-state index in [4.69, 9.17) is 0 Å². The highest BCUT2D eigenvalue weighted by Crippen LogP contribution is 2.39. The Morgan fingerprint density at radius 2 is 1.67 bits per heavy atom. The van der Waals surface area contributed by atoms with Crippen LogP contribution in [0.3, 0.4) is 0 Å². The molecule has 0 radical (unpaired) electrons. The van der Waals surface area contributed by atoms with Crippen molar-refractivity contribution in [3.63, 3.8) is 0 Å². The molecule has 2 aliphatic rings. The zero-order chi connectivity index (χ0) is 21.0. The lowest BCUT2D eigenvalue weighted by molar-refractivity contribution is 0.0164. The molecule has 0 N–H and O–H groups in total. The smallest absolute Gasteiger partial charge is 0.273 e. The minimum absolute atomic E-state index is 0.00520. The van der Waals surface area contributed by atoms with E-state index in [0.717, 1.165) is 22.5 Å². The minimum Gasteiger partial charge on any atom is -0.334 e. The van der Waals surface area contributed by atoms with Crippen molar-refractivity contribution in [3.05, 3.63) is 82.7 Å². The molecule has 1 fully saturated rings. The molecule has 1 unspecified atom stereocenters. The quantitative estimate of drug-likeness (QED) is 0.676. The Morgan fingerprint density at radius 1 is 1.00 bits per heavy atom. The highest BCUT2D eigenvalue weighted by Gasteiger charge is 2.47. The van der Waals surface area contributed by atoms with Crippen molar-refractivity contribution < 1.29 is 9.59 Å². The van der Waals surface area contributed by atoms with E-state index in [1.54, 1.807) is 4.68 Å². The second-order valence-electron chi connectivity index (χ2n) is 8.21. The third-order valence-corrected chi connectivity index (χ3v) is 6.22. The molecule has 3 aromatic rings. The van der Waals surface area contributed by atoms with Crippen molar-refractivity contribution in [2.75, 3.05) is 13.1 Å². The van der Waals surface area contributed by atoms with Crippen molar-refractivity contribution in [1.29, 1.82) is 0 Å². The fourth-order valence-corrected chi connectivity index (χ4v) is 4.60. The molecule has 3 heterocycles. The number of hydrogen-bond donors (Lipinski definition) is 0. The standard InChI is InChI=1S/C24H24N4O2/c1-15-9-11-18(12-10-15)23(29)26-13-20(14-26)27-17(3)21-16(2)25-28(22(21)24(27)30)19-7-5-4-6-8-19/h4-12,17,20H,13-14H2,1-3H3. The highest BCUT2D eigenvalue weighted by atomic mass is 16.2. The van der Waals surface area contributed by atoms with Crippen molar-refractivity contribution in [1.82, 2.24) is 19.6 Å². The maximum Gasteiger partial charge on any atom is 0.273 e. The monoisotopic (exact) mass is 400 g/mol. The number of amides is 2. The van der Waals surface area contributed by atoms with Crippen molar-refractivity contribution in [3.8, 4) is 5.69 Å². The molecule has 2 amide bonds. The van der Waals surface area contributed by atoms with E-state index in [1.165, 1.54) is 0 Å². The summed E-state index contributed by atoms with van der Waals surface area (Å²) in [6, 6.07) is 17.4. The van der Waals surface area contributed by atoms with Gasteiger partial charge < -0.3 is 9.80 Å². The number of aryl methyl sites for hydroxylation is 2. The SMILES string of the molecule is Cc1ccc(C(=O)N2CC(N3C(=O)c4c(c(C)nn4-c4ccccc4)C3C)C2)cc1. The molecule has 1 aromatic heterocycles. The third kappa shape index (κ3) is 2.75. The fraction of sp³-hybridized carbons (Fsp3) is 0.292. The van der Waals surface area contributed by atoms with Crippen LogP contribution in [0, 0.1) is 13.8 Å². The maximum atomic E-state index is 13.4. The lowest BCUT2D eigenvalue weighted by Gasteiger charge is -2.45. The van der Waals surface area contributed by atoms with Gasteiger partial charge in [-0.3, -0.25) is 9.59 Å². The second-order valence-corrected chi connectivity index (χ2v) is 8.21. The van der Waals surface area contributed by atoms with E-state index < -0.39 is 0 Å². The van der Waals surface area contributed by atoms with Crippen LogP contribution in [0.2, 0.25) is 0 Å². The summed E-state index contributed by atoms with van der Waals surface area (Å²) in [4.78, 5) is 29.9. The van der Waals surface area contributed by atoms with Crippen LogP contribution >= 0.6 is 0 Å². The number of likely N-dealkylation sites (tertiary alicyclic amines) is 1. The summed E-state index contributed by atoms with van der Waals surface area (Å²) in [5.74, 6) is 0.0177. The van der Waals surface area contributed by atoms with E-state index in [0.29, 0.717) is 24.3 Å². The summed E-state index contributed by atoms with van der Waals surface area (Å²) in [5.41, 5.74) is 5.23. The number of fused-ring (bicyclic) bond motifs is 1. The van der Waals surface area contributed by atoms with Gasteiger partial charge in [0.25, 0.3) is 11.8 Å². The summed E-state index contributed by atoms with van der Waals surface area (Å²) in [7, 11) is 0. The molecule has 5 rings (SSSR count). The highest BCUT2D eigenvalue weighted by molar-refractivity contribution is 5.99. The molecule has 2 aromatic carbocycles. The van der Waals surface area contributed by atoms with Crippen LogP contribution in [0.5, 0.6) is 0 Å². The number of carbonyl (C=O) groups is 2. The second kappa shape index (κ2) is 6.83. The predicted octanol–water partition coefficient (Wildman–Crippen LogP) is 3.53. The van der Waals surface area contributed by atoms with Crippen LogP contribution in [0.4, 0.5) is 0 Å². The molecule has 0 aliphatic carbocycles. The number of benzene rings is 2. The Hall–Kier alpha value is -3.41. The molecule has 6 nitrogen and oxygen atoms in total. The van der Waals surface area contributed by atoms with Crippen LogP contribution < -0.4 is 0 Å². The number of hydrogen-bond acceptors (Lipinski definition) is 3. The average molecular weight is 400 g/mol. The van der Waals surface area contributed by atoms with Crippen LogP contribution in [-0.2, 0) is 0 Å². The molecule has 1 atom stereocenters. The molecule has 2 aliphatic heterocycles. The summed E-state index contributed by atoms with van der Waals surface area (Å²) in [5, 5.41) is 4.64. The molecule has 30 heavy (non-hydrogen) atoms. The molecular weight excluding hydrogens is 376 g/mol. The first-order valence-corrected chi connectivity index (χ1v) is 10.3. The number of para-hydroxylation sites is 1.